The van der Waals surface area contributed by atoms with Crippen LogP contribution in [0.3, 0.4) is 0 Å². The van der Waals surface area contributed by atoms with Crippen molar-refractivity contribution in [1.29, 1.82) is 0 Å². The Balaban J connectivity index is 1.55. The third-order valence-electron chi connectivity index (χ3n) is 6.91. The van der Waals surface area contributed by atoms with Crippen molar-refractivity contribution in [3.05, 3.63) is 93.4 Å². The molecule has 1 amide bonds. The van der Waals surface area contributed by atoms with Crippen molar-refractivity contribution in [3.8, 4) is 5.75 Å². The first kappa shape index (κ1) is 24.4. The lowest BCUT2D eigenvalue weighted by Crippen LogP contribution is -2.66. The number of hydrogen-bond donors (Lipinski definition) is 0. The molecule has 38 heavy (non-hydrogen) atoms. The number of benzene rings is 2. The summed E-state index contributed by atoms with van der Waals surface area (Å²) in [5.41, 5.74) is 2.94. The lowest BCUT2D eigenvalue weighted by atomic mass is 9.93. The summed E-state index contributed by atoms with van der Waals surface area (Å²) < 4.78 is 22.5. The number of amides is 1. The van der Waals surface area contributed by atoms with Gasteiger partial charge in [0.25, 0.3) is 5.91 Å². The Kier molecular flexibility index (Phi) is 6.46. The number of morpholine rings is 1. The SMILES string of the molecule is COC(=O)OCOc1c2n(ccc1=O)N([C@H]1c3ccccc3CSc3ccccc31)[C@@H]1COCCN1C2=O. The predicted octanol–water partition coefficient (Wildman–Crippen LogP) is 3.11. The number of nitrogens with zero attached hydrogens (tertiary/aromatic N) is 3. The molecule has 2 aromatic carbocycles. The number of thioether (sulfide) groups is 1. The van der Waals surface area contributed by atoms with Crippen molar-refractivity contribution >= 4 is 23.8 Å². The minimum Gasteiger partial charge on any atom is -0.451 e. The maximum absolute atomic E-state index is 13.8. The summed E-state index contributed by atoms with van der Waals surface area (Å²) in [6.07, 6.45) is 0.207. The van der Waals surface area contributed by atoms with E-state index in [1.807, 2.05) is 24.3 Å². The lowest BCUT2D eigenvalue weighted by Gasteiger charge is -2.51. The maximum Gasteiger partial charge on any atom is 0.510 e. The van der Waals surface area contributed by atoms with Crippen LogP contribution in [0.5, 0.6) is 5.75 Å². The number of methoxy groups -OCH3 is 1. The molecule has 0 N–H and O–H groups in total. The van der Waals surface area contributed by atoms with E-state index in [9.17, 15) is 14.4 Å². The zero-order chi connectivity index (χ0) is 26.2. The average Bonchev–Trinajstić information content (AvgIpc) is 3.11. The first-order chi connectivity index (χ1) is 18.6. The van der Waals surface area contributed by atoms with Gasteiger partial charge >= 0.3 is 6.16 Å². The first-order valence-electron chi connectivity index (χ1n) is 12.1. The summed E-state index contributed by atoms with van der Waals surface area (Å²) in [4.78, 5) is 41.1. The van der Waals surface area contributed by atoms with Gasteiger partial charge in [0.15, 0.2) is 5.69 Å². The third-order valence-corrected chi connectivity index (χ3v) is 8.05. The van der Waals surface area contributed by atoms with E-state index in [2.05, 4.69) is 34.0 Å². The second-order valence-corrected chi connectivity index (χ2v) is 9.94. The van der Waals surface area contributed by atoms with Crippen LogP contribution in [0, 0.1) is 0 Å². The molecule has 2 atom stereocenters. The monoisotopic (exact) mass is 535 g/mol. The molecule has 1 saturated heterocycles. The summed E-state index contributed by atoms with van der Waals surface area (Å²) in [6.45, 7) is 0.450. The molecule has 3 aromatic rings. The number of carbonyl (C=O) groups is 2. The van der Waals surface area contributed by atoms with Crippen molar-refractivity contribution in [2.45, 2.75) is 22.9 Å². The molecule has 4 heterocycles. The number of rotatable bonds is 4. The van der Waals surface area contributed by atoms with Gasteiger partial charge in [-0.3, -0.25) is 19.3 Å². The normalized spacial score (nSPS) is 19.9. The summed E-state index contributed by atoms with van der Waals surface area (Å²) in [5, 5.41) is 2.09. The molecule has 0 spiro atoms. The molecular weight excluding hydrogens is 510 g/mol. The quantitative estimate of drug-likeness (QED) is 0.369. The maximum atomic E-state index is 13.8. The topological polar surface area (TPSA) is 99.5 Å². The van der Waals surface area contributed by atoms with Crippen LogP contribution >= 0.6 is 11.8 Å². The molecule has 3 aliphatic rings. The molecule has 196 valence electrons. The standard InChI is InChI=1S/C27H25N3O7S/c1-34-27(33)37-16-36-25-20(31)10-11-29-24(25)26(32)28-12-13-35-14-22(28)30(29)23-18-7-3-2-6-17(18)15-38-21-9-5-4-8-19(21)23/h2-11,22-23H,12-16H2,1H3/t22-,23+/m1/s1. The van der Waals surface area contributed by atoms with Gasteiger partial charge in [0.2, 0.25) is 18.0 Å². The number of carbonyl (C=O) groups excluding carboxylic acids is 2. The number of ether oxygens (including phenoxy) is 4. The van der Waals surface area contributed by atoms with E-state index in [0.717, 1.165) is 21.8 Å². The van der Waals surface area contributed by atoms with Gasteiger partial charge in [-0.1, -0.05) is 42.5 Å². The van der Waals surface area contributed by atoms with Crippen LogP contribution in [-0.2, 0) is 20.0 Å². The molecule has 3 aliphatic heterocycles. The van der Waals surface area contributed by atoms with E-state index in [1.165, 1.54) is 18.7 Å². The van der Waals surface area contributed by atoms with Crippen LogP contribution < -0.4 is 15.2 Å². The minimum absolute atomic E-state index is 0.0657. The van der Waals surface area contributed by atoms with Crippen molar-refractivity contribution in [2.75, 3.05) is 38.7 Å². The molecule has 0 unspecified atom stereocenters. The Bertz CT molecular complexity index is 1410. The molecule has 0 radical (unpaired) electrons. The van der Waals surface area contributed by atoms with E-state index in [0.29, 0.717) is 19.8 Å². The van der Waals surface area contributed by atoms with Gasteiger partial charge in [0.1, 0.15) is 6.17 Å². The Morgan fingerprint density at radius 1 is 1.08 bits per heavy atom. The molecule has 0 aliphatic carbocycles. The number of hydrogen-bond acceptors (Lipinski definition) is 9. The molecule has 10 nitrogen and oxygen atoms in total. The minimum atomic E-state index is -0.958. The van der Waals surface area contributed by atoms with Crippen LogP contribution in [0.25, 0.3) is 0 Å². The van der Waals surface area contributed by atoms with Gasteiger partial charge in [-0.15, -0.1) is 11.8 Å². The molecular formula is C27H25N3O7S. The van der Waals surface area contributed by atoms with Crippen molar-refractivity contribution < 1.29 is 28.5 Å². The zero-order valence-corrected chi connectivity index (χ0v) is 21.4. The first-order valence-corrected chi connectivity index (χ1v) is 13.1. The Labute approximate surface area is 222 Å². The largest absolute Gasteiger partial charge is 0.510 e. The number of fused-ring (bicyclic) bond motifs is 4. The van der Waals surface area contributed by atoms with Crippen molar-refractivity contribution in [1.82, 2.24) is 9.58 Å². The molecule has 1 fully saturated rings. The smallest absolute Gasteiger partial charge is 0.451 e. The van der Waals surface area contributed by atoms with Crippen molar-refractivity contribution in [2.24, 2.45) is 0 Å². The highest BCUT2D eigenvalue weighted by Gasteiger charge is 2.46. The van der Waals surface area contributed by atoms with Gasteiger partial charge in [0, 0.05) is 29.5 Å². The molecule has 11 heteroatoms. The molecule has 1 aromatic heterocycles. The predicted molar refractivity (Wildman–Crippen MR) is 138 cm³/mol. The fourth-order valence-corrected chi connectivity index (χ4v) is 6.33. The fourth-order valence-electron chi connectivity index (χ4n) is 5.23. The van der Waals surface area contributed by atoms with Crippen LogP contribution in [0.1, 0.15) is 33.2 Å². The van der Waals surface area contributed by atoms with E-state index in [1.54, 1.807) is 27.5 Å². The van der Waals surface area contributed by atoms with E-state index < -0.39 is 24.5 Å². The highest BCUT2D eigenvalue weighted by molar-refractivity contribution is 7.98. The van der Waals surface area contributed by atoms with Crippen LogP contribution in [-0.4, -0.2) is 61.5 Å². The van der Waals surface area contributed by atoms with E-state index in [-0.39, 0.29) is 23.4 Å². The van der Waals surface area contributed by atoms with E-state index in [4.69, 9.17) is 14.2 Å². The van der Waals surface area contributed by atoms with E-state index >= 15 is 0 Å². The highest BCUT2D eigenvalue weighted by Crippen LogP contribution is 2.44. The van der Waals surface area contributed by atoms with Crippen LogP contribution in [0.2, 0.25) is 0 Å². The summed E-state index contributed by atoms with van der Waals surface area (Å²) >= 11 is 1.77. The highest BCUT2D eigenvalue weighted by atomic mass is 32.2. The summed E-state index contributed by atoms with van der Waals surface area (Å²) in [6, 6.07) is 17.6. The average molecular weight is 536 g/mol. The second-order valence-electron chi connectivity index (χ2n) is 8.92. The molecule has 6 rings (SSSR count). The van der Waals surface area contributed by atoms with Gasteiger partial charge in [-0.2, -0.15) is 0 Å². The van der Waals surface area contributed by atoms with Gasteiger partial charge < -0.3 is 23.8 Å². The summed E-state index contributed by atoms with van der Waals surface area (Å²) in [5.74, 6) is 0.253. The van der Waals surface area contributed by atoms with Crippen LogP contribution in [0.4, 0.5) is 4.79 Å². The lowest BCUT2D eigenvalue weighted by molar-refractivity contribution is -0.0209. The Hall–Kier alpha value is -3.96. The Morgan fingerprint density at radius 2 is 1.87 bits per heavy atom. The molecule has 0 bridgehead atoms. The van der Waals surface area contributed by atoms with Gasteiger partial charge in [-0.05, 0) is 22.8 Å². The van der Waals surface area contributed by atoms with Gasteiger partial charge in [0.05, 0.1) is 26.4 Å². The summed E-state index contributed by atoms with van der Waals surface area (Å²) in [7, 11) is 1.17. The second kappa shape index (κ2) is 10.1. The third kappa shape index (κ3) is 4.07. The molecule has 0 saturated carbocycles. The number of pyridine rings is 1. The van der Waals surface area contributed by atoms with Crippen LogP contribution in [0.15, 0.2) is 70.5 Å². The van der Waals surface area contributed by atoms with Crippen molar-refractivity contribution in [3.63, 3.8) is 0 Å². The number of aromatic nitrogens is 1. The Morgan fingerprint density at radius 3 is 2.71 bits per heavy atom. The zero-order valence-electron chi connectivity index (χ0n) is 20.6. The van der Waals surface area contributed by atoms with Gasteiger partial charge in [-0.25, -0.2) is 4.79 Å². The fraction of sp³-hybridized carbons (Fsp3) is 0.296.